The number of carboxylic acids is 3. The molecule has 0 fully saturated rings. The Morgan fingerprint density at radius 1 is 0.667 bits per heavy atom. The molecule has 0 aromatic carbocycles. The molecule has 0 rings (SSSR count). The van der Waals surface area contributed by atoms with E-state index >= 15 is 0 Å². The molecule has 0 radical (unpaired) electrons. The van der Waals surface area contributed by atoms with Crippen LogP contribution in [-0.4, -0.2) is 58.8 Å². The molecule has 0 saturated heterocycles. The maximum Gasteiger partial charge on any atom is 0.306 e. The minimum absolute atomic E-state index is 0.430. The Balaban J connectivity index is 5.01. The van der Waals surface area contributed by atoms with E-state index in [0.717, 1.165) is 25.8 Å². The van der Waals surface area contributed by atoms with E-state index in [-0.39, 0.29) is 0 Å². The summed E-state index contributed by atoms with van der Waals surface area (Å²) in [6.07, 6.45) is 17.8. The van der Waals surface area contributed by atoms with Crippen LogP contribution in [0.3, 0.4) is 0 Å². The molecule has 0 aliphatic heterocycles. The first kappa shape index (κ1) is 34.1. The Labute approximate surface area is 219 Å². The molecule has 0 bridgehead atoms. The highest BCUT2D eigenvalue weighted by molar-refractivity contribution is 5.69. The number of nitrogens with zero attached hydrogens (tertiary/aromatic N) is 1. The van der Waals surface area contributed by atoms with Crippen LogP contribution in [0.1, 0.15) is 111 Å². The van der Waals surface area contributed by atoms with Crippen LogP contribution < -0.4 is 5.11 Å². The number of unbranched alkanes of at least 4 members (excludes halogenated alkanes) is 8. The molecular formula is C29H53NO6. The van der Waals surface area contributed by atoms with Crippen LogP contribution in [-0.2, 0) is 14.4 Å². The van der Waals surface area contributed by atoms with Crippen LogP contribution in [0.4, 0.5) is 0 Å². The zero-order chi connectivity index (χ0) is 27.4. The highest BCUT2D eigenvalue weighted by Crippen LogP contribution is 2.21. The first-order valence-corrected chi connectivity index (χ1v) is 14.2. The Bertz CT molecular complexity index is 588. The van der Waals surface area contributed by atoms with Crippen molar-refractivity contribution in [2.45, 2.75) is 111 Å². The summed E-state index contributed by atoms with van der Waals surface area (Å²) in [5.41, 5.74) is 0. The van der Waals surface area contributed by atoms with Crippen molar-refractivity contribution in [3.63, 3.8) is 0 Å². The van der Waals surface area contributed by atoms with Crippen molar-refractivity contribution in [1.29, 1.82) is 0 Å². The van der Waals surface area contributed by atoms with E-state index in [1.807, 2.05) is 0 Å². The number of hydrogen-bond donors (Lipinski definition) is 2. The second-order valence-electron chi connectivity index (χ2n) is 10.8. The number of quaternary nitrogens is 1. The highest BCUT2D eigenvalue weighted by Gasteiger charge is 2.30. The maximum atomic E-state index is 11.4. The lowest BCUT2D eigenvalue weighted by atomic mass is 10.0. The van der Waals surface area contributed by atoms with Gasteiger partial charge in [-0.05, 0) is 19.3 Å². The summed E-state index contributed by atoms with van der Waals surface area (Å²) >= 11 is 0. The maximum absolute atomic E-state index is 11.4. The van der Waals surface area contributed by atoms with E-state index in [0.29, 0.717) is 43.4 Å². The van der Waals surface area contributed by atoms with Gasteiger partial charge in [-0.15, -0.1) is 0 Å². The van der Waals surface area contributed by atoms with Crippen molar-refractivity contribution in [3.8, 4) is 0 Å². The van der Waals surface area contributed by atoms with Crippen molar-refractivity contribution in [1.82, 2.24) is 0 Å². The van der Waals surface area contributed by atoms with Crippen LogP contribution in [0.25, 0.3) is 0 Å². The lowest BCUT2D eigenvalue weighted by Gasteiger charge is -2.41. The van der Waals surface area contributed by atoms with E-state index < -0.39 is 35.7 Å². The summed E-state index contributed by atoms with van der Waals surface area (Å²) < 4.78 is 0.554. The fraction of sp³-hybridized carbons (Fsp3) is 0.828. The Hall–Kier alpha value is -1.89. The largest absolute Gasteiger partial charge is 0.550 e. The van der Waals surface area contributed by atoms with Gasteiger partial charge in [0.25, 0.3) is 0 Å². The quantitative estimate of drug-likeness (QED) is 0.104. The first-order chi connectivity index (χ1) is 17.0. The van der Waals surface area contributed by atoms with Crippen molar-refractivity contribution in [2.75, 3.05) is 26.2 Å². The van der Waals surface area contributed by atoms with Gasteiger partial charge in [-0.1, -0.05) is 78.4 Å². The fourth-order valence-corrected chi connectivity index (χ4v) is 4.44. The number of allylic oxidation sites excluding steroid dienone is 2. The molecule has 0 heterocycles. The van der Waals surface area contributed by atoms with Gasteiger partial charge in [0.05, 0.1) is 38.0 Å². The molecule has 2 N–H and O–H groups in total. The summed E-state index contributed by atoms with van der Waals surface area (Å²) in [5, 5.41) is 30.1. The van der Waals surface area contributed by atoms with E-state index in [1.54, 1.807) is 20.8 Å². The number of carbonyl (C=O) groups excluding carboxylic acids is 1. The first-order valence-electron chi connectivity index (χ1n) is 14.2. The number of carbonyl (C=O) groups is 3. The van der Waals surface area contributed by atoms with Crippen molar-refractivity contribution >= 4 is 17.9 Å². The fourth-order valence-electron chi connectivity index (χ4n) is 4.44. The molecule has 3 unspecified atom stereocenters. The number of rotatable bonds is 24. The standard InChI is InChI=1S/C29H53NO6/c1-5-6-7-8-9-10-11-12-13-14-15-16-20-30(21-17-24(2)27(31)32,22-18-25(3)28(33)34)23-19-26(4)29(35)36/h13-14,24-26H,5-12,15-23H2,1-4H3,(H2-,31,32,33,34,35,36)/b14-13+. The van der Waals surface area contributed by atoms with Crippen LogP contribution in [0, 0.1) is 17.8 Å². The van der Waals surface area contributed by atoms with Crippen LogP contribution in [0.15, 0.2) is 12.2 Å². The van der Waals surface area contributed by atoms with Crippen LogP contribution in [0.5, 0.6) is 0 Å². The third-order valence-corrected chi connectivity index (χ3v) is 7.50. The van der Waals surface area contributed by atoms with Gasteiger partial charge in [-0.3, -0.25) is 9.59 Å². The zero-order valence-electron chi connectivity index (χ0n) is 23.4. The van der Waals surface area contributed by atoms with Gasteiger partial charge in [0, 0.05) is 37.6 Å². The second kappa shape index (κ2) is 20.2. The molecule has 0 aromatic rings. The third kappa shape index (κ3) is 16.7. The van der Waals surface area contributed by atoms with Crippen molar-refractivity contribution in [2.24, 2.45) is 17.8 Å². The SMILES string of the molecule is CCCCCCCCC/C=C/CCC[N+](CCC(C)C(=O)[O-])(CCC(C)C(=O)O)CCC(C)C(=O)O. The predicted octanol–water partition coefficient (Wildman–Crippen LogP) is 5.28. The van der Waals surface area contributed by atoms with Crippen molar-refractivity contribution < 1.29 is 34.2 Å². The summed E-state index contributed by atoms with van der Waals surface area (Å²) in [6, 6.07) is 0. The monoisotopic (exact) mass is 511 g/mol. The van der Waals surface area contributed by atoms with Gasteiger partial charge in [-0.25, -0.2) is 0 Å². The molecule has 0 spiro atoms. The topological polar surface area (TPSA) is 115 Å². The van der Waals surface area contributed by atoms with Crippen LogP contribution in [0.2, 0.25) is 0 Å². The molecule has 0 saturated carbocycles. The molecule has 7 heteroatoms. The van der Waals surface area contributed by atoms with E-state index in [9.17, 15) is 29.7 Å². The minimum Gasteiger partial charge on any atom is -0.550 e. The lowest BCUT2D eigenvalue weighted by Crippen LogP contribution is -2.52. The van der Waals surface area contributed by atoms with Gasteiger partial charge >= 0.3 is 11.9 Å². The minimum atomic E-state index is -1.08. The third-order valence-electron chi connectivity index (χ3n) is 7.50. The van der Waals surface area contributed by atoms with Gasteiger partial charge < -0.3 is 24.6 Å². The summed E-state index contributed by atoms with van der Waals surface area (Å²) in [4.78, 5) is 34.2. The molecule has 0 aliphatic carbocycles. The van der Waals surface area contributed by atoms with Crippen LogP contribution >= 0.6 is 0 Å². The number of carboxylic acid groups (broad SMARTS) is 3. The number of aliphatic carboxylic acids is 3. The lowest BCUT2D eigenvalue weighted by molar-refractivity contribution is -0.929. The predicted molar refractivity (Wildman–Crippen MR) is 142 cm³/mol. The normalized spacial score (nSPS) is 15.9. The molecule has 210 valence electrons. The summed E-state index contributed by atoms with van der Waals surface area (Å²) in [7, 11) is 0. The summed E-state index contributed by atoms with van der Waals surface area (Å²) in [6.45, 7) is 9.80. The molecule has 36 heavy (non-hydrogen) atoms. The molecule has 0 amide bonds. The average molecular weight is 512 g/mol. The second-order valence-corrected chi connectivity index (χ2v) is 10.8. The van der Waals surface area contributed by atoms with Gasteiger partial charge in [0.2, 0.25) is 0 Å². The zero-order valence-corrected chi connectivity index (χ0v) is 23.4. The Kier molecular flexibility index (Phi) is 19.1. The van der Waals surface area contributed by atoms with Gasteiger partial charge in [0.15, 0.2) is 0 Å². The highest BCUT2D eigenvalue weighted by atomic mass is 16.4. The summed E-state index contributed by atoms with van der Waals surface area (Å²) in [5.74, 6) is -4.37. The molecule has 7 nitrogen and oxygen atoms in total. The smallest absolute Gasteiger partial charge is 0.306 e. The Morgan fingerprint density at radius 2 is 1.08 bits per heavy atom. The molecular weight excluding hydrogens is 458 g/mol. The van der Waals surface area contributed by atoms with Gasteiger partial charge in [-0.2, -0.15) is 0 Å². The molecule has 0 aliphatic rings. The van der Waals surface area contributed by atoms with E-state index in [1.165, 1.54) is 44.9 Å². The molecule has 3 atom stereocenters. The number of hydrogen-bond acceptors (Lipinski definition) is 4. The molecule has 0 aromatic heterocycles. The van der Waals surface area contributed by atoms with E-state index in [4.69, 9.17) is 0 Å². The van der Waals surface area contributed by atoms with Gasteiger partial charge in [0.1, 0.15) is 0 Å². The van der Waals surface area contributed by atoms with E-state index in [2.05, 4.69) is 19.1 Å². The average Bonchev–Trinajstić information content (AvgIpc) is 2.84. The Morgan fingerprint density at radius 3 is 1.53 bits per heavy atom. The van der Waals surface area contributed by atoms with Crippen molar-refractivity contribution in [3.05, 3.63) is 12.2 Å².